The molecule has 0 bridgehead atoms. The molecule has 0 rings (SSSR count). The van der Waals surface area contributed by atoms with Crippen molar-refractivity contribution in [3.05, 3.63) is 0 Å². The molecule has 0 unspecified atom stereocenters. The third-order valence-electron chi connectivity index (χ3n) is 3.50. The van der Waals surface area contributed by atoms with Crippen LogP contribution < -0.4 is 0 Å². The Labute approximate surface area is 113 Å². The van der Waals surface area contributed by atoms with Crippen LogP contribution in [0.2, 0.25) is 0 Å². The minimum atomic E-state index is -0.221. The summed E-state index contributed by atoms with van der Waals surface area (Å²) in [6, 6.07) is 0.563. The van der Waals surface area contributed by atoms with Crippen LogP contribution >= 0.6 is 0 Å². The topological polar surface area (TPSA) is 29.5 Å². The molecule has 0 spiro atoms. The van der Waals surface area contributed by atoms with E-state index in [4.69, 9.17) is 4.74 Å². The van der Waals surface area contributed by atoms with Crippen molar-refractivity contribution >= 4 is 5.78 Å². The highest BCUT2D eigenvalue weighted by molar-refractivity contribution is 5.83. The molecule has 0 aliphatic rings. The third kappa shape index (κ3) is 6.50. The van der Waals surface area contributed by atoms with Crippen molar-refractivity contribution in [3.63, 3.8) is 0 Å². The van der Waals surface area contributed by atoms with E-state index in [1.54, 1.807) is 7.11 Å². The number of hydrogen-bond donors (Lipinski definition) is 0. The van der Waals surface area contributed by atoms with E-state index in [2.05, 4.69) is 18.7 Å². The van der Waals surface area contributed by atoms with E-state index in [1.807, 2.05) is 20.8 Å². The van der Waals surface area contributed by atoms with E-state index < -0.39 is 0 Å². The lowest BCUT2D eigenvalue weighted by Gasteiger charge is -2.30. The van der Waals surface area contributed by atoms with Gasteiger partial charge in [0.15, 0.2) is 0 Å². The van der Waals surface area contributed by atoms with Gasteiger partial charge in [-0.1, -0.05) is 34.6 Å². The van der Waals surface area contributed by atoms with Crippen LogP contribution in [0.25, 0.3) is 0 Å². The van der Waals surface area contributed by atoms with Gasteiger partial charge in [-0.05, 0) is 12.8 Å². The summed E-state index contributed by atoms with van der Waals surface area (Å²) in [5, 5.41) is 0. The maximum absolute atomic E-state index is 12.0. The molecule has 0 heterocycles. The molecule has 0 saturated carbocycles. The zero-order valence-corrected chi connectivity index (χ0v) is 13.1. The van der Waals surface area contributed by atoms with Crippen molar-refractivity contribution in [3.8, 4) is 0 Å². The molecular weight excluding hydrogens is 226 g/mol. The van der Waals surface area contributed by atoms with Crippen molar-refractivity contribution in [1.82, 2.24) is 4.90 Å². The molecule has 0 amide bonds. The van der Waals surface area contributed by atoms with Crippen molar-refractivity contribution in [2.75, 3.05) is 26.8 Å². The van der Waals surface area contributed by atoms with Gasteiger partial charge in [-0.3, -0.25) is 9.69 Å². The second-order valence-electron chi connectivity index (χ2n) is 5.92. The first-order valence-corrected chi connectivity index (χ1v) is 7.13. The van der Waals surface area contributed by atoms with Crippen LogP contribution in [0.5, 0.6) is 0 Å². The Morgan fingerprint density at radius 2 is 1.72 bits per heavy atom. The largest absolute Gasteiger partial charge is 0.383 e. The summed E-state index contributed by atoms with van der Waals surface area (Å²) in [4.78, 5) is 14.4. The first kappa shape index (κ1) is 17.6. The number of carbonyl (C=O) groups is 1. The van der Waals surface area contributed by atoms with Gasteiger partial charge in [-0.15, -0.1) is 0 Å². The van der Waals surface area contributed by atoms with Gasteiger partial charge in [0.25, 0.3) is 0 Å². The fraction of sp³-hybridized carbons (Fsp3) is 0.933. The monoisotopic (exact) mass is 257 g/mol. The van der Waals surface area contributed by atoms with Crippen molar-refractivity contribution in [1.29, 1.82) is 0 Å². The second kappa shape index (κ2) is 8.65. The number of Topliss-reactive ketones (excluding diaryl/α,β-unsaturated/α-hetero) is 1. The van der Waals surface area contributed by atoms with Crippen molar-refractivity contribution in [2.24, 2.45) is 5.41 Å². The van der Waals surface area contributed by atoms with E-state index in [0.717, 1.165) is 32.5 Å². The van der Waals surface area contributed by atoms with Crippen LogP contribution in [0.3, 0.4) is 0 Å². The summed E-state index contributed by atoms with van der Waals surface area (Å²) in [5.74, 6) is 0.343. The first-order valence-electron chi connectivity index (χ1n) is 7.13. The molecule has 0 aliphatic heterocycles. The van der Waals surface area contributed by atoms with Gasteiger partial charge in [0.05, 0.1) is 6.61 Å². The zero-order chi connectivity index (χ0) is 14.2. The average Bonchev–Trinajstić information content (AvgIpc) is 2.31. The minimum absolute atomic E-state index is 0.221. The molecule has 18 heavy (non-hydrogen) atoms. The van der Waals surface area contributed by atoms with Crippen molar-refractivity contribution in [2.45, 2.75) is 59.9 Å². The molecular formula is C15H31NO2. The van der Waals surface area contributed by atoms with E-state index in [0.29, 0.717) is 18.2 Å². The summed E-state index contributed by atoms with van der Waals surface area (Å²) in [6.07, 6.45) is 2.90. The molecule has 0 aromatic heterocycles. The van der Waals surface area contributed by atoms with Crippen LogP contribution in [0, 0.1) is 5.41 Å². The molecule has 0 saturated heterocycles. The Morgan fingerprint density at radius 1 is 1.17 bits per heavy atom. The van der Waals surface area contributed by atoms with E-state index in [-0.39, 0.29) is 5.41 Å². The molecule has 0 atom stereocenters. The molecule has 3 heteroatoms. The molecule has 0 aromatic carbocycles. The number of rotatable bonds is 9. The minimum Gasteiger partial charge on any atom is -0.383 e. The summed E-state index contributed by atoms with van der Waals surface area (Å²) in [6.45, 7) is 12.9. The maximum Gasteiger partial charge on any atom is 0.139 e. The van der Waals surface area contributed by atoms with Gasteiger partial charge < -0.3 is 4.74 Å². The number of nitrogens with zero attached hydrogens (tertiary/aromatic N) is 1. The smallest absolute Gasteiger partial charge is 0.139 e. The maximum atomic E-state index is 12.0. The Kier molecular flexibility index (Phi) is 8.45. The summed E-state index contributed by atoms with van der Waals surface area (Å²) < 4.78 is 5.16. The van der Waals surface area contributed by atoms with Gasteiger partial charge in [-0.2, -0.15) is 0 Å². The Bertz CT molecular complexity index is 229. The molecule has 0 aliphatic carbocycles. The summed E-state index contributed by atoms with van der Waals surface area (Å²) >= 11 is 0. The van der Waals surface area contributed by atoms with E-state index in [1.165, 1.54) is 0 Å². The lowest BCUT2D eigenvalue weighted by atomic mass is 9.89. The van der Waals surface area contributed by atoms with Gasteiger partial charge in [-0.25, -0.2) is 0 Å². The third-order valence-corrected chi connectivity index (χ3v) is 3.50. The van der Waals surface area contributed by atoms with Crippen molar-refractivity contribution < 1.29 is 9.53 Å². The number of ether oxygens (including phenoxy) is 1. The number of methoxy groups -OCH3 is 1. The predicted octanol–water partition coefficient (Wildman–Crippen LogP) is 3.13. The fourth-order valence-corrected chi connectivity index (χ4v) is 2.11. The molecule has 108 valence electrons. The van der Waals surface area contributed by atoms with Crippen LogP contribution in [-0.4, -0.2) is 43.5 Å². The number of hydrogen-bond acceptors (Lipinski definition) is 3. The molecule has 3 nitrogen and oxygen atoms in total. The predicted molar refractivity (Wildman–Crippen MR) is 76.9 cm³/mol. The lowest BCUT2D eigenvalue weighted by molar-refractivity contribution is -0.126. The molecule has 0 N–H and O–H groups in total. The summed E-state index contributed by atoms with van der Waals surface area (Å²) in [7, 11) is 1.73. The highest BCUT2D eigenvalue weighted by Gasteiger charge is 2.23. The quantitative estimate of drug-likeness (QED) is 0.635. The fourth-order valence-electron chi connectivity index (χ4n) is 2.11. The van der Waals surface area contributed by atoms with Gasteiger partial charge in [0.2, 0.25) is 0 Å². The Morgan fingerprint density at radius 3 is 2.11 bits per heavy atom. The summed E-state index contributed by atoms with van der Waals surface area (Å²) in [5.41, 5.74) is -0.221. The first-order chi connectivity index (χ1) is 8.36. The van der Waals surface area contributed by atoms with Gasteiger partial charge in [0.1, 0.15) is 5.78 Å². The zero-order valence-electron chi connectivity index (χ0n) is 13.1. The van der Waals surface area contributed by atoms with Gasteiger partial charge >= 0.3 is 0 Å². The Hall–Kier alpha value is -0.410. The highest BCUT2D eigenvalue weighted by atomic mass is 16.5. The van der Waals surface area contributed by atoms with E-state index in [9.17, 15) is 4.79 Å². The van der Waals surface area contributed by atoms with Crippen LogP contribution in [0.4, 0.5) is 0 Å². The van der Waals surface area contributed by atoms with Crippen LogP contribution in [0.1, 0.15) is 53.9 Å². The highest BCUT2D eigenvalue weighted by Crippen LogP contribution is 2.18. The van der Waals surface area contributed by atoms with E-state index >= 15 is 0 Å². The Balaban J connectivity index is 4.36. The second-order valence-corrected chi connectivity index (χ2v) is 5.92. The number of ketones is 1. The van der Waals surface area contributed by atoms with Gasteiger partial charge in [0, 0.05) is 38.1 Å². The van der Waals surface area contributed by atoms with Crippen LogP contribution in [-0.2, 0) is 9.53 Å². The molecule has 0 radical (unpaired) electrons. The standard InChI is InChI=1S/C15H31NO2/c1-7-13(8-2)16(11-12-18-6)10-9-14(17)15(3,4)5/h13H,7-12H2,1-6H3. The average molecular weight is 257 g/mol. The van der Waals surface area contributed by atoms with Crippen LogP contribution in [0.15, 0.2) is 0 Å². The SMILES string of the molecule is CCC(CC)N(CCOC)CCC(=O)C(C)(C)C. The normalized spacial score (nSPS) is 12.4. The lowest BCUT2D eigenvalue weighted by Crippen LogP contribution is -2.39. The number of carbonyl (C=O) groups excluding carboxylic acids is 1. The molecule has 0 aromatic rings. The molecule has 0 fully saturated rings.